The van der Waals surface area contributed by atoms with Gasteiger partial charge in [-0.2, -0.15) is 0 Å². The summed E-state index contributed by atoms with van der Waals surface area (Å²) in [6.45, 7) is 9.42. The minimum Gasteiger partial charge on any atom is -0.339 e. The molecule has 0 bridgehead atoms. The van der Waals surface area contributed by atoms with Crippen molar-refractivity contribution < 1.29 is 4.79 Å². The van der Waals surface area contributed by atoms with E-state index in [1.165, 1.54) is 5.56 Å². The van der Waals surface area contributed by atoms with Crippen LogP contribution in [0.1, 0.15) is 56.0 Å². The first-order valence-electron chi connectivity index (χ1n) is 9.93. The van der Waals surface area contributed by atoms with E-state index in [0.29, 0.717) is 0 Å². The van der Waals surface area contributed by atoms with Crippen LogP contribution in [-0.2, 0) is 5.41 Å². The summed E-state index contributed by atoms with van der Waals surface area (Å²) >= 11 is 0. The Kier molecular flexibility index (Phi) is 4.62. The number of hydrogen-bond donors (Lipinski definition) is 0. The van der Waals surface area contributed by atoms with Crippen molar-refractivity contribution in [1.29, 1.82) is 0 Å². The van der Waals surface area contributed by atoms with E-state index in [2.05, 4.69) is 47.8 Å². The molecule has 0 N–H and O–H groups in total. The minimum absolute atomic E-state index is 0.0285. The Hall–Kier alpha value is -2.43. The van der Waals surface area contributed by atoms with E-state index in [4.69, 9.17) is 0 Å². The highest BCUT2D eigenvalue weighted by Crippen LogP contribution is 2.42. The topological polar surface area (TPSA) is 49.3 Å². The zero-order chi connectivity index (χ0) is 19.0. The molecule has 0 spiro atoms. The zero-order valence-corrected chi connectivity index (χ0v) is 16.5. The van der Waals surface area contributed by atoms with Crippen LogP contribution in [0.15, 0.2) is 36.8 Å². The highest BCUT2D eigenvalue weighted by Gasteiger charge is 2.33. The fourth-order valence-electron chi connectivity index (χ4n) is 4.16. The van der Waals surface area contributed by atoms with Crippen molar-refractivity contribution in [3.8, 4) is 0 Å². The fraction of sp³-hybridized carbons (Fsp3) is 0.500. The lowest BCUT2D eigenvalue weighted by Gasteiger charge is -2.40. The van der Waals surface area contributed by atoms with Crippen LogP contribution in [0.4, 0.5) is 11.5 Å². The van der Waals surface area contributed by atoms with E-state index in [1.807, 2.05) is 11.0 Å². The predicted molar refractivity (Wildman–Crippen MR) is 107 cm³/mol. The van der Waals surface area contributed by atoms with E-state index >= 15 is 0 Å². The van der Waals surface area contributed by atoms with Crippen LogP contribution in [-0.4, -0.2) is 40.4 Å². The number of anilines is 2. The number of piperidine rings is 1. The number of hydrogen-bond acceptors (Lipinski definition) is 4. The molecule has 1 amide bonds. The van der Waals surface area contributed by atoms with Gasteiger partial charge in [0.2, 0.25) is 0 Å². The summed E-state index contributed by atoms with van der Waals surface area (Å²) in [5.41, 5.74) is 3.18. The molecule has 2 aromatic rings. The third-order valence-corrected chi connectivity index (χ3v) is 6.12. The number of carbonyl (C=O) groups is 1. The van der Waals surface area contributed by atoms with Crippen LogP contribution in [0, 0.1) is 5.92 Å². The largest absolute Gasteiger partial charge is 0.339 e. The second-order valence-corrected chi connectivity index (χ2v) is 8.56. The van der Waals surface area contributed by atoms with Gasteiger partial charge in [-0.05, 0) is 54.4 Å². The van der Waals surface area contributed by atoms with Gasteiger partial charge in [-0.3, -0.25) is 9.78 Å². The van der Waals surface area contributed by atoms with Gasteiger partial charge in [0.25, 0.3) is 5.91 Å². The average Bonchev–Trinajstić information content (AvgIpc) is 2.69. The number of rotatable bonds is 2. The molecule has 0 atom stereocenters. The number of benzene rings is 1. The van der Waals surface area contributed by atoms with Crippen molar-refractivity contribution in [3.05, 3.63) is 47.9 Å². The molecular weight excluding hydrogens is 336 g/mol. The number of carbonyl (C=O) groups excluding carboxylic acids is 1. The standard InChI is InChI=1S/C22H28N4O/c1-16-6-11-25(12-7-16)21(27)17-4-5-19-18(14-17)22(2,3)8-13-26(19)20-15-23-9-10-24-20/h4-5,9-10,14-16H,6-8,11-13H2,1-3H3. The first-order valence-corrected chi connectivity index (χ1v) is 9.93. The Morgan fingerprint density at radius 3 is 2.63 bits per heavy atom. The second kappa shape index (κ2) is 6.95. The Morgan fingerprint density at radius 1 is 1.15 bits per heavy atom. The van der Waals surface area contributed by atoms with Crippen LogP contribution in [0.5, 0.6) is 0 Å². The molecule has 1 saturated heterocycles. The van der Waals surface area contributed by atoms with Gasteiger partial charge in [0, 0.05) is 43.3 Å². The average molecular weight is 364 g/mol. The predicted octanol–water partition coefficient (Wildman–Crippen LogP) is 4.17. The molecule has 1 aromatic carbocycles. The van der Waals surface area contributed by atoms with Gasteiger partial charge in [0.1, 0.15) is 0 Å². The molecule has 5 heteroatoms. The Balaban J connectivity index is 1.67. The van der Waals surface area contributed by atoms with Gasteiger partial charge < -0.3 is 9.80 Å². The van der Waals surface area contributed by atoms with E-state index in [9.17, 15) is 4.79 Å². The Labute approximate surface area is 161 Å². The maximum Gasteiger partial charge on any atom is 0.253 e. The number of aromatic nitrogens is 2. The van der Waals surface area contributed by atoms with Crippen LogP contribution in [0.25, 0.3) is 0 Å². The molecule has 1 aromatic heterocycles. The molecule has 27 heavy (non-hydrogen) atoms. The lowest BCUT2D eigenvalue weighted by atomic mass is 9.77. The molecule has 0 aliphatic carbocycles. The molecule has 5 nitrogen and oxygen atoms in total. The molecule has 1 fully saturated rings. The summed E-state index contributed by atoms with van der Waals surface area (Å²) in [6.07, 6.45) is 8.43. The molecule has 2 aliphatic rings. The van der Waals surface area contributed by atoms with Crippen molar-refractivity contribution >= 4 is 17.4 Å². The van der Waals surface area contributed by atoms with E-state index in [-0.39, 0.29) is 11.3 Å². The van der Waals surface area contributed by atoms with E-state index in [1.54, 1.807) is 18.6 Å². The van der Waals surface area contributed by atoms with Crippen molar-refractivity contribution in [2.75, 3.05) is 24.5 Å². The molecule has 0 radical (unpaired) electrons. The highest BCUT2D eigenvalue weighted by atomic mass is 16.2. The third-order valence-electron chi connectivity index (χ3n) is 6.12. The van der Waals surface area contributed by atoms with Gasteiger partial charge in [-0.25, -0.2) is 4.98 Å². The maximum absolute atomic E-state index is 13.0. The molecule has 0 unspecified atom stereocenters. The number of likely N-dealkylation sites (tertiary alicyclic amines) is 1. The van der Waals surface area contributed by atoms with Crippen molar-refractivity contribution in [3.63, 3.8) is 0 Å². The fourth-order valence-corrected chi connectivity index (χ4v) is 4.16. The highest BCUT2D eigenvalue weighted by molar-refractivity contribution is 5.95. The first kappa shape index (κ1) is 18.0. The van der Waals surface area contributed by atoms with Crippen molar-refractivity contribution in [1.82, 2.24) is 14.9 Å². The molecule has 142 valence electrons. The van der Waals surface area contributed by atoms with Crippen molar-refractivity contribution in [2.45, 2.75) is 45.4 Å². The van der Waals surface area contributed by atoms with Gasteiger partial charge in [0.05, 0.1) is 6.20 Å². The van der Waals surface area contributed by atoms with Crippen LogP contribution in [0.2, 0.25) is 0 Å². The lowest BCUT2D eigenvalue weighted by Crippen LogP contribution is -2.39. The minimum atomic E-state index is 0.0285. The molecular formula is C22H28N4O. The summed E-state index contributed by atoms with van der Waals surface area (Å²) in [4.78, 5) is 26.0. The van der Waals surface area contributed by atoms with Gasteiger partial charge >= 0.3 is 0 Å². The molecule has 3 heterocycles. The monoisotopic (exact) mass is 364 g/mol. The lowest BCUT2D eigenvalue weighted by molar-refractivity contribution is 0.0697. The molecule has 0 saturated carbocycles. The summed E-state index contributed by atoms with van der Waals surface area (Å²) in [5.74, 6) is 1.74. The first-order chi connectivity index (χ1) is 13.0. The third kappa shape index (κ3) is 3.43. The zero-order valence-electron chi connectivity index (χ0n) is 16.5. The smallest absolute Gasteiger partial charge is 0.253 e. The van der Waals surface area contributed by atoms with Crippen LogP contribution in [0.3, 0.4) is 0 Å². The summed E-state index contributed by atoms with van der Waals surface area (Å²) in [5, 5.41) is 0. The van der Waals surface area contributed by atoms with E-state index in [0.717, 1.165) is 61.9 Å². The second-order valence-electron chi connectivity index (χ2n) is 8.56. The SMILES string of the molecule is CC1CCN(C(=O)c2ccc3c(c2)C(C)(C)CCN3c2cnccn2)CC1. The Bertz CT molecular complexity index is 825. The van der Waals surface area contributed by atoms with Crippen LogP contribution >= 0.6 is 0 Å². The number of nitrogens with zero attached hydrogens (tertiary/aromatic N) is 4. The summed E-state index contributed by atoms with van der Waals surface area (Å²) < 4.78 is 0. The van der Waals surface area contributed by atoms with Gasteiger partial charge in [0.15, 0.2) is 5.82 Å². The van der Waals surface area contributed by atoms with E-state index < -0.39 is 0 Å². The Morgan fingerprint density at radius 2 is 1.93 bits per heavy atom. The summed E-state index contributed by atoms with van der Waals surface area (Å²) in [7, 11) is 0. The molecule has 4 rings (SSSR count). The molecule has 2 aliphatic heterocycles. The quantitative estimate of drug-likeness (QED) is 0.802. The van der Waals surface area contributed by atoms with Crippen molar-refractivity contribution in [2.24, 2.45) is 5.92 Å². The van der Waals surface area contributed by atoms with Crippen LogP contribution < -0.4 is 4.90 Å². The van der Waals surface area contributed by atoms with Gasteiger partial charge in [-0.15, -0.1) is 0 Å². The van der Waals surface area contributed by atoms with Gasteiger partial charge in [-0.1, -0.05) is 20.8 Å². The maximum atomic E-state index is 13.0. The summed E-state index contributed by atoms with van der Waals surface area (Å²) in [6, 6.07) is 6.17. The number of amides is 1. The number of fused-ring (bicyclic) bond motifs is 1. The normalized spacial score (nSPS) is 19.7.